The van der Waals surface area contributed by atoms with E-state index in [2.05, 4.69) is 5.32 Å². The molecule has 1 fully saturated rings. The van der Waals surface area contributed by atoms with Crippen molar-refractivity contribution in [3.8, 4) is 11.5 Å². The lowest BCUT2D eigenvalue weighted by Crippen LogP contribution is -2.30. The summed E-state index contributed by atoms with van der Waals surface area (Å²) in [7, 11) is 1.63. The molecule has 0 aliphatic carbocycles. The van der Waals surface area contributed by atoms with Crippen LogP contribution in [0.5, 0.6) is 11.5 Å². The summed E-state index contributed by atoms with van der Waals surface area (Å²) in [5, 5.41) is 2.91. The Bertz CT molecular complexity index is 820. The van der Waals surface area contributed by atoms with E-state index in [9.17, 15) is 9.59 Å². The van der Waals surface area contributed by atoms with Crippen molar-refractivity contribution in [1.82, 2.24) is 4.90 Å². The molecule has 0 saturated carbocycles. The number of amides is 2. The first-order valence-corrected chi connectivity index (χ1v) is 9.54. The zero-order valence-electron chi connectivity index (χ0n) is 16.3. The molecule has 6 nitrogen and oxygen atoms in total. The molecule has 3 rings (SSSR count). The van der Waals surface area contributed by atoms with Gasteiger partial charge in [-0.15, -0.1) is 0 Å². The highest BCUT2D eigenvalue weighted by atomic mass is 16.5. The van der Waals surface area contributed by atoms with Crippen molar-refractivity contribution in [2.24, 2.45) is 5.92 Å². The molecule has 0 radical (unpaired) electrons. The number of ether oxygens (including phenoxy) is 2. The van der Waals surface area contributed by atoms with Crippen LogP contribution in [-0.2, 0) is 16.0 Å². The topological polar surface area (TPSA) is 67.9 Å². The van der Waals surface area contributed by atoms with Gasteiger partial charge >= 0.3 is 0 Å². The molecule has 1 N–H and O–H groups in total. The van der Waals surface area contributed by atoms with Crippen LogP contribution in [-0.4, -0.2) is 43.5 Å². The van der Waals surface area contributed by atoms with Crippen molar-refractivity contribution in [3.05, 3.63) is 54.1 Å². The van der Waals surface area contributed by atoms with Crippen molar-refractivity contribution in [2.45, 2.75) is 19.8 Å². The van der Waals surface area contributed by atoms with Gasteiger partial charge in [0.1, 0.15) is 11.5 Å². The van der Waals surface area contributed by atoms with Gasteiger partial charge in [-0.25, -0.2) is 0 Å². The van der Waals surface area contributed by atoms with E-state index in [0.717, 1.165) is 17.7 Å². The lowest BCUT2D eigenvalue weighted by Gasteiger charge is -2.17. The van der Waals surface area contributed by atoms with Crippen LogP contribution in [0.3, 0.4) is 0 Å². The summed E-state index contributed by atoms with van der Waals surface area (Å²) in [6.07, 6.45) is 0.989. The third kappa shape index (κ3) is 4.82. The maximum Gasteiger partial charge on any atom is 0.229 e. The number of methoxy groups -OCH3 is 1. The second kappa shape index (κ2) is 9.26. The minimum atomic E-state index is -0.349. The van der Waals surface area contributed by atoms with Gasteiger partial charge in [0, 0.05) is 19.5 Å². The van der Waals surface area contributed by atoms with Crippen LogP contribution in [0, 0.1) is 5.92 Å². The first-order chi connectivity index (χ1) is 13.6. The average molecular weight is 382 g/mol. The van der Waals surface area contributed by atoms with Crippen molar-refractivity contribution in [3.63, 3.8) is 0 Å². The first-order valence-electron chi connectivity index (χ1n) is 9.54. The molecule has 1 aliphatic rings. The average Bonchev–Trinajstić information content (AvgIpc) is 3.09. The van der Waals surface area contributed by atoms with Crippen LogP contribution in [0.4, 0.5) is 5.69 Å². The number of rotatable bonds is 8. The molecule has 2 aromatic rings. The molecule has 2 aromatic carbocycles. The van der Waals surface area contributed by atoms with Gasteiger partial charge in [0.05, 0.1) is 25.3 Å². The van der Waals surface area contributed by atoms with Gasteiger partial charge in [0.25, 0.3) is 0 Å². The molecule has 2 amide bonds. The fourth-order valence-corrected chi connectivity index (χ4v) is 3.31. The van der Waals surface area contributed by atoms with Crippen LogP contribution >= 0.6 is 0 Å². The predicted octanol–water partition coefficient (Wildman–Crippen LogP) is 3.12. The Morgan fingerprint density at radius 1 is 1.18 bits per heavy atom. The van der Waals surface area contributed by atoms with Gasteiger partial charge in [-0.2, -0.15) is 0 Å². The van der Waals surface area contributed by atoms with E-state index in [1.807, 2.05) is 49.4 Å². The number of hydrogen-bond acceptors (Lipinski definition) is 4. The van der Waals surface area contributed by atoms with Crippen molar-refractivity contribution < 1.29 is 19.1 Å². The maximum atomic E-state index is 12.6. The molecule has 0 spiro atoms. The number of para-hydroxylation sites is 2. The smallest absolute Gasteiger partial charge is 0.229 e. The summed E-state index contributed by atoms with van der Waals surface area (Å²) < 4.78 is 10.7. The number of hydrogen-bond donors (Lipinski definition) is 1. The van der Waals surface area contributed by atoms with Gasteiger partial charge in [-0.05, 0) is 43.2 Å². The molecule has 0 bridgehead atoms. The Kier molecular flexibility index (Phi) is 6.53. The highest BCUT2D eigenvalue weighted by molar-refractivity contribution is 5.98. The van der Waals surface area contributed by atoms with E-state index in [4.69, 9.17) is 9.47 Å². The van der Waals surface area contributed by atoms with Crippen molar-refractivity contribution >= 4 is 17.5 Å². The van der Waals surface area contributed by atoms with E-state index < -0.39 is 0 Å². The Balaban J connectivity index is 1.55. The standard InChI is InChI=1S/C22H26N2O4/c1-3-28-20-7-5-4-6-19(20)23-22(26)17-14-21(25)24(15-17)13-12-16-8-10-18(27-2)11-9-16/h4-11,17H,3,12-15H2,1-2H3,(H,23,26). The normalized spacial score (nSPS) is 16.1. The fraction of sp³-hybridized carbons (Fsp3) is 0.364. The van der Waals surface area contributed by atoms with Crippen LogP contribution < -0.4 is 14.8 Å². The molecular formula is C22H26N2O4. The molecule has 148 valence electrons. The number of carbonyl (C=O) groups excluding carboxylic acids is 2. The molecule has 1 saturated heterocycles. The third-order valence-electron chi connectivity index (χ3n) is 4.86. The van der Waals surface area contributed by atoms with Crippen molar-refractivity contribution in [2.75, 3.05) is 32.1 Å². The Labute approximate surface area is 165 Å². The van der Waals surface area contributed by atoms with E-state index in [-0.39, 0.29) is 24.2 Å². The number of nitrogens with one attached hydrogen (secondary N) is 1. The van der Waals surface area contributed by atoms with Gasteiger partial charge in [-0.1, -0.05) is 24.3 Å². The largest absolute Gasteiger partial charge is 0.497 e. The molecule has 1 atom stereocenters. The van der Waals surface area contributed by atoms with Crippen LogP contribution in [0.1, 0.15) is 18.9 Å². The number of benzene rings is 2. The Morgan fingerprint density at radius 3 is 2.64 bits per heavy atom. The fourth-order valence-electron chi connectivity index (χ4n) is 3.31. The van der Waals surface area contributed by atoms with Gasteiger partial charge < -0.3 is 19.7 Å². The molecule has 1 unspecified atom stereocenters. The summed E-state index contributed by atoms with van der Waals surface area (Å²) >= 11 is 0. The van der Waals surface area contributed by atoms with Crippen LogP contribution in [0.15, 0.2) is 48.5 Å². The van der Waals surface area contributed by atoms with Gasteiger partial charge in [0.15, 0.2) is 0 Å². The Hall–Kier alpha value is -3.02. The molecule has 0 aromatic heterocycles. The highest BCUT2D eigenvalue weighted by Crippen LogP contribution is 2.26. The van der Waals surface area contributed by atoms with E-state index in [1.165, 1.54) is 0 Å². The molecule has 6 heteroatoms. The van der Waals surface area contributed by atoms with Gasteiger partial charge in [0.2, 0.25) is 11.8 Å². The van der Waals surface area contributed by atoms with E-state index in [0.29, 0.717) is 31.1 Å². The predicted molar refractivity (Wildman–Crippen MR) is 108 cm³/mol. The lowest BCUT2D eigenvalue weighted by molar-refractivity contribution is -0.128. The van der Waals surface area contributed by atoms with E-state index in [1.54, 1.807) is 18.1 Å². The number of carbonyl (C=O) groups is 2. The first kappa shape index (κ1) is 19.7. The zero-order valence-corrected chi connectivity index (χ0v) is 16.3. The summed E-state index contributed by atoms with van der Waals surface area (Å²) in [5.41, 5.74) is 1.77. The minimum absolute atomic E-state index is 0.0201. The monoisotopic (exact) mass is 382 g/mol. The van der Waals surface area contributed by atoms with Crippen LogP contribution in [0.2, 0.25) is 0 Å². The SMILES string of the molecule is CCOc1ccccc1NC(=O)C1CC(=O)N(CCc2ccc(OC)cc2)C1. The molecule has 1 aliphatic heterocycles. The highest BCUT2D eigenvalue weighted by Gasteiger charge is 2.34. The molecule has 28 heavy (non-hydrogen) atoms. The summed E-state index contributed by atoms with van der Waals surface area (Å²) in [5.74, 6) is 0.973. The summed E-state index contributed by atoms with van der Waals surface area (Å²) in [6.45, 7) is 3.46. The lowest BCUT2D eigenvalue weighted by atomic mass is 10.1. The minimum Gasteiger partial charge on any atom is -0.497 e. The second-order valence-electron chi connectivity index (χ2n) is 6.76. The number of likely N-dealkylation sites (tertiary alicyclic amines) is 1. The number of nitrogens with zero attached hydrogens (tertiary/aromatic N) is 1. The maximum absolute atomic E-state index is 12.6. The second-order valence-corrected chi connectivity index (χ2v) is 6.76. The molecule has 1 heterocycles. The third-order valence-corrected chi connectivity index (χ3v) is 4.86. The molecular weight excluding hydrogens is 356 g/mol. The van der Waals surface area contributed by atoms with Crippen molar-refractivity contribution in [1.29, 1.82) is 0 Å². The Morgan fingerprint density at radius 2 is 1.93 bits per heavy atom. The van der Waals surface area contributed by atoms with E-state index >= 15 is 0 Å². The summed E-state index contributed by atoms with van der Waals surface area (Å²) in [4.78, 5) is 26.7. The van der Waals surface area contributed by atoms with Crippen LogP contribution in [0.25, 0.3) is 0 Å². The quantitative estimate of drug-likeness (QED) is 0.762. The number of anilines is 1. The summed E-state index contributed by atoms with van der Waals surface area (Å²) in [6, 6.07) is 15.1. The van der Waals surface area contributed by atoms with Gasteiger partial charge in [-0.3, -0.25) is 9.59 Å². The zero-order chi connectivity index (χ0) is 19.9.